The quantitative estimate of drug-likeness (QED) is 0.885. The third-order valence-electron chi connectivity index (χ3n) is 3.15. The minimum atomic E-state index is -0.745. The maximum Gasteiger partial charge on any atom is 0.304 e. The van der Waals surface area contributed by atoms with Crippen LogP contribution >= 0.6 is 0 Å². The van der Waals surface area contributed by atoms with Gasteiger partial charge in [-0.1, -0.05) is 30.3 Å². The van der Waals surface area contributed by atoms with E-state index in [0.717, 1.165) is 18.7 Å². The fourth-order valence-corrected chi connectivity index (χ4v) is 2.33. The highest BCUT2D eigenvalue weighted by Gasteiger charge is 2.26. The summed E-state index contributed by atoms with van der Waals surface area (Å²) < 4.78 is 5.92. The number of aliphatic carboxylic acids is 1. The van der Waals surface area contributed by atoms with Crippen LogP contribution in [0.1, 0.15) is 25.0 Å². The molecule has 1 aliphatic rings. The first-order valence-electron chi connectivity index (χ1n) is 6.29. The largest absolute Gasteiger partial charge is 0.481 e. The molecule has 4 heteroatoms. The summed E-state index contributed by atoms with van der Waals surface area (Å²) in [4.78, 5) is 12.8. The first kappa shape index (κ1) is 13.1. The summed E-state index contributed by atoms with van der Waals surface area (Å²) >= 11 is 0. The Morgan fingerprint density at radius 2 is 2.11 bits per heavy atom. The fraction of sp³-hybridized carbons (Fsp3) is 0.500. The highest BCUT2D eigenvalue weighted by molar-refractivity contribution is 5.66. The van der Waals surface area contributed by atoms with Crippen molar-refractivity contribution in [1.82, 2.24) is 4.90 Å². The molecule has 2 rings (SSSR count). The van der Waals surface area contributed by atoms with Crippen molar-refractivity contribution in [2.75, 3.05) is 19.6 Å². The number of nitrogens with zero attached hydrogens (tertiary/aromatic N) is 1. The number of ether oxygens (including phenoxy) is 1. The van der Waals surface area contributed by atoms with Gasteiger partial charge in [0.25, 0.3) is 0 Å². The van der Waals surface area contributed by atoms with Crippen molar-refractivity contribution in [3.8, 4) is 0 Å². The van der Waals surface area contributed by atoms with Gasteiger partial charge < -0.3 is 9.84 Å². The molecule has 1 heterocycles. The zero-order valence-corrected chi connectivity index (χ0v) is 10.6. The summed E-state index contributed by atoms with van der Waals surface area (Å²) in [5.41, 5.74) is 1.16. The van der Waals surface area contributed by atoms with Crippen LogP contribution in [0, 0.1) is 0 Å². The van der Waals surface area contributed by atoms with Gasteiger partial charge in [-0.3, -0.25) is 9.69 Å². The van der Waals surface area contributed by atoms with Gasteiger partial charge in [0.05, 0.1) is 18.6 Å². The van der Waals surface area contributed by atoms with Gasteiger partial charge in [-0.15, -0.1) is 0 Å². The Balaban J connectivity index is 1.98. The third-order valence-corrected chi connectivity index (χ3v) is 3.15. The maximum absolute atomic E-state index is 10.6. The van der Waals surface area contributed by atoms with Crippen LogP contribution in [0.5, 0.6) is 0 Å². The van der Waals surface area contributed by atoms with Crippen LogP contribution in [-0.4, -0.2) is 41.7 Å². The Bertz CT molecular complexity index is 393. The number of carboxylic acids is 1. The Morgan fingerprint density at radius 1 is 1.39 bits per heavy atom. The summed E-state index contributed by atoms with van der Waals surface area (Å²) in [6.07, 6.45) is 0.371. The van der Waals surface area contributed by atoms with Crippen molar-refractivity contribution in [3.05, 3.63) is 35.9 Å². The zero-order valence-electron chi connectivity index (χ0n) is 10.6. The van der Waals surface area contributed by atoms with Crippen LogP contribution < -0.4 is 0 Å². The number of morpholine rings is 1. The lowest BCUT2D eigenvalue weighted by Crippen LogP contribution is -2.43. The molecule has 1 saturated heterocycles. The molecule has 0 saturated carbocycles. The molecule has 1 aromatic rings. The molecular formula is C14H19NO3. The number of carboxylic acid groups (broad SMARTS) is 1. The van der Waals surface area contributed by atoms with Crippen LogP contribution in [0.2, 0.25) is 0 Å². The van der Waals surface area contributed by atoms with Gasteiger partial charge in [-0.05, 0) is 12.5 Å². The third kappa shape index (κ3) is 3.55. The Morgan fingerprint density at radius 3 is 2.78 bits per heavy atom. The average Bonchev–Trinajstić information content (AvgIpc) is 2.37. The van der Waals surface area contributed by atoms with Crippen molar-refractivity contribution >= 4 is 5.97 Å². The van der Waals surface area contributed by atoms with E-state index in [0.29, 0.717) is 6.54 Å². The van der Waals surface area contributed by atoms with Crippen LogP contribution in [0.3, 0.4) is 0 Å². The lowest BCUT2D eigenvalue weighted by Gasteiger charge is -2.36. The van der Waals surface area contributed by atoms with Crippen molar-refractivity contribution in [3.63, 3.8) is 0 Å². The average molecular weight is 249 g/mol. The van der Waals surface area contributed by atoms with Gasteiger partial charge >= 0.3 is 5.97 Å². The second-order valence-electron chi connectivity index (χ2n) is 4.75. The van der Waals surface area contributed by atoms with E-state index >= 15 is 0 Å². The van der Waals surface area contributed by atoms with E-state index in [1.165, 1.54) is 0 Å². The summed E-state index contributed by atoms with van der Waals surface area (Å²) in [7, 11) is 0. The van der Waals surface area contributed by atoms with Crippen LogP contribution in [-0.2, 0) is 9.53 Å². The van der Waals surface area contributed by atoms with Gasteiger partial charge in [0.1, 0.15) is 0 Å². The molecule has 0 radical (unpaired) electrons. The summed E-state index contributed by atoms with van der Waals surface area (Å²) in [6, 6.07) is 10.1. The van der Waals surface area contributed by atoms with Crippen LogP contribution in [0.15, 0.2) is 30.3 Å². The number of hydrogen-bond donors (Lipinski definition) is 1. The zero-order chi connectivity index (χ0) is 13.0. The highest BCUT2D eigenvalue weighted by atomic mass is 16.5. The molecule has 1 aromatic carbocycles. The first-order valence-corrected chi connectivity index (χ1v) is 6.29. The maximum atomic E-state index is 10.6. The van der Waals surface area contributed by atoms with E-state index in [2.05, 4.69) is 17.0 Å². The molecule has 2 atom stereocenters. The summed E-state index contributed by atoms with van der Waals surface area (Å²) in [5, 5.41) is 8.74. The Kier molecular flexibility index (Phi) is 4.33. The molecular weight excluding hydrogens is 230 g/mol. The van der Waals surface area contributed by atoms with Crippen molar-refractivity contribution in [2.24, 2.45) is 0 Å². The van der Waals surface area contributed by atoms with E-state index in [-0.39, 0.29) is 18.6 Å². The van der Waals surface area contributed by atoms with Gasteiger partial charge in [-0.2, -0.15) is 0 Å². The predicted molar refractivity (Wildman–Crippen MR) is 68.4 cm³/mol. The van der Waals surface area contributed by atoms with E-state index < -0.39 is 5.97 Å². The molecule has 1 N–H and O–H groups in total. The lowest BCUT2D eigenvalue weighted by molar-refractivity contribution is -0.138. The Hall–Kier alpha value is -1.39. The molecule has 18 heavy (non-hydrogen) atoms. The van der Waals surface area contributed by atoms with Crippen molar-refractivity contribution < 1.29 is 14.6 Å². The molecule has 1 aliphatic heterocycles. The minimum absolute atomic E-state index is 0.0451. The SMILES string of the molecule is C[C@@H]1CN(CCC(=O)O)C[C@H](c2ccccc2)O1. The number of rotatable bonds is 4. The first-order chi connectivity index (χ1) is 8.65. The molecule has 0 unspecified atom stereocenters. The van der Waals surface area contributed by atoms with Gasteiger partial charge in [0.2, 0.25) is 0 Å². The molecule has 0 aromatic heterocycles. The summed E-state index contributed by atoms with van der Waals surface area (Å²) in [5.74, 6) is -0.745. The molecule has 0 bridgehead atoms. The smallest absolute Gasteiger partial charge is 0.304 e. The molecule has 4 nitrogen and oxygen atoms in total. The topological polar surface area (TPSA) is 49.8 Å². The second kappa shape index (κ2) is 5.98. The summed E-state index contributed by atoms with van der Waals surface area (Å²) in [6.45, 7) is 4.19. The molecule has 0 amide bonds. The van der Waals surface area contributed by atoms with Gasteiger partial charge in [-0.25, -0.2) is 0 Å². The molecule has 0 aliphatic carbocycles. The number of benzene rings is 1. The van der Waals surface area contributed by atoms with Crippen LogP contribution in [0.4, 0.5) is 0 Å². The Labute approximate surface area is 107 Å². The predicted octanol–water partition coefficient (Wildman–Crippen LogP) is 1.92. The van der Waals surface area contributed by atoms with E-state index in [1.54, 1.807) is 0 Å². The lowest BCUT2D eigenvalue weighted by atomic mass is 10.1. The van der Waals surface area contributed by atoms with Gasteiger partial charge in [0, 0.05) is 19.6 Å². The number of hydrogen-bond acceptors (Lipinski definition) is 3. The number of carbonyl (C=O) groups is 1. The highest BCUT2D eigenvalue weighted by Crippen LogP contribution is 2.24. The van der Waals surface area contributed by atoms with Crippen LogP contribution in [0.25, 0.3) is 0 Å². The molecule has 98 valence electrons. The fourth-order valence-electron chi connectivity index (χ4n) is 2.33. The standard InChI is InChI=1S/C14H19NO3/c1-11-9-15(8-7-14(16)17)10-13(18-11)12-5-3-2-4-6-12/h2-6,11,13H,7-10H2,1H3,(H,16,17)/t11-,13-/m1/s1. The normalized spacial score (nSPS) is 24.9. The molecule has 1 fully saturated rings. The van der Waals surface area contributed by atoms with Crippen molar-refractivity contribution in [1.29, 1.82) is 0 Å². The monoisotopic (exact) mass is 249 g/mol. The van der Waals surface area contributed by atoms with E-state index in [1.807, 2.05) is 25.1 Å². The van der Waals surface area contributed by atoms with Crippen molar-refractivity contribution in [2.45, 2.75) is 25.6 Å². The van der Waals surface area contributed by atoms with E-state index in [4.69, 9.17) is 9.84 Å². The van der Waals surface area contributed by atoms with Gasteiger partial charge in [0.15, 0.2) is 0 Å². The second-order valence-corrected chi connectivity index (χ2v) is 4.75. The van der Waals surface area contributed by atoms with E-state index in [9.17, 15) is 4.79 Å². The minimum Gasteiger partial charge on any atom is -0.481 e. The molecule has 0 spiro atoms.